The van der Waals surface area contributed by atoms with Gasteiger partial charge < -0.3 is 5.11 Å². The first kappa shape index (κ1) is 10.2. The van der Waals surface area contributed by atoms with Crippen molar-refractivity contribution in [2.75, 3.05) is 0 Å². The molecule has 0 radical (unpaired) electrons. The molecule has 0 aliphatic carbocycles. The molecule has 0 amide bonds. The van der Waals surface area contributed by atoms with Crippen molar-refractivity contribution >= 4 is 17.4 Å². The fourth-order valence-corrected chi connectivity index (χ4v) is 1.12. The SMILES string of the molecule is CC[C@@H](O)C(=O)c1ccc(Cl)cc1. The van der Waals surface area contributed by atoms with Crippen LogP contribution in [0.3, 0.4) is 0 Å². The Morgan fingerprint density at radius 2 is 2.00 bits per heavy atom. The number of carbonyl (C=O) groups is 1. The highest BCUT2D eigenvalue weighted by atomic mass is 35.5. The van der Waals surface area contributed by atoms with Crippen LogP contribution in [0.15, 0.2) is 24.3 Å². The molecule has 0 unspecified atom stereocenters. The maximum atomic E-state index is 11.4. The van der Waals surface area contributed by atoms with Crippen LogP contribution < -0.4 is 0 Å². The van der Waals surface area contributed by atoms with E-state index in [2.05, 4.69) is 0 Å². The van der Waals surface area contributed by atoms with Gasteiger partial charge in [0.05, 0.1) is 0 Å². The fourth-order valence-electron chi connectivity index (χ4n) is 0.992. The van der Waals surface area contributed by atoms with E-state index in [0.717, 1.165) is 0 Å². The van der Waals surface area contributed by atoms with Gasteiger partial charge in [0, 0.05) is 10.6 Å². The maximum absolute atomic E-state index is 11.4. The number of aliphatic hydroxyl groups is 1. The lowest BCUT2D eigenvalue weighted by Crippen LogP contribution is -2.18. The Bertz CT molecular complexity index is 292. The zero-order valence-corrected chi connectivity index (χ0v) is 8.08. The third-order valence-electron chi connectivity index (χ3n) is 1.82. The molecule has 0 spiro atoms. The topological polar surface area (TPSA) is 37.3 Å². The molecule has 70 valence electrons. The number of hydrogen-bond acceptors (Lipinski definition) is 2. The fraction of sp³-hybridized carbons (Fsp3) is 0.300. The third kappa shape index (κ3) is 2.54. The number of benzene rings is 1. The van der Waals surface area contributed by atoms with Crippen LogP contribution in [0.4, 0.5) is 0 Å². The highest BCUT2D eigenvalue weighted by Crippen LogP contribution is 2.11. The predicted octanol–water partition coefficient (Wildman–Crippen LogP) is 2.29. The van der Waals surface area contributed by atoms with Crippen molar-refractivity contribution in [2.24, 2.45) is 0 Å². The maximum Gasteiger partial charge on any atom is 0.191 e. The van der Waals surface area contributed by atoms with E-state index in [1.807, 2.05) is 0 Å². The summed E-state index contributed by atoms with van der Waals surface area (Å²) in [5, 5.41) is 9.85. The van der Waals surface area contributed by atoms with Crippen molar-refractivity contribution in [3.05, 3.63) is 34.9 Å². The van der Waals surface area contributed by atoms with Crippen LogP contribution in [-0.4, -0.2) is 17.0 Å². The van der Waals surface area contributed by atoms with Crippen LogP contribution in [-0.2, 0) is 0 Å². The molecule has 13 heavy (non-hydrogen) atoms. The van der Waals surface area contributed by atoms with Gasteiger partial charge in [-0.25, -0.2) is 0 Å². The van der Waals surface area contributed by atoms with Crippen molar-refractivity contribution < 1.29 is 9.90 Å². The second-order valence-electron chi connectivity index (χ2n) is 2.80. The number of halogens is 1. The monoisotopic (exact) mass is 198 g/mol. The lowest BCUT2D eigenvalue weighted by molar-refractivity contribution is 0.0741. The lowest BCUT2D eigenvalue weighted by Gasteiger charge is -2.05. The minimum absolute atomic E-state index is 0.251. The minimum atomic E-state index is -0.902. The highest BCUT2D eigenvalue weighted by Gasteiger charge is 2.14. The van der Waals surface area contributed by atoms with Crippen LogP contribution in [0, 0.1) is 0 Å². The minimum Gasteiger partial charge on any atom is -0.385 e. The molecule has 0 heterocycles. The van der Waals surface area contributed by atoms with Gasteiger partial charge in [-0.3, -0.25) is 4.79 Å². The van der Waals surface area contributed by atoms with E-state index in [4.69, 9.17) is 11.6 Å². The molecule has 0 bridgehead atoms. The molecule has 1 atom stereocenters. The molecule has 0 saturated carbocycles. The number of aliphatic hydroxyl groups excluding tert-OH is 1. The number of rotatable bonds is 3. The largest absolute Gasteiger partial charge is 0.385 e. The smallest absolute Gasteiger partial charge is 0.191 e. The number of Topliss-reactive ketones (excluding diaryl/α,β-unsaturated/α-hetero) is 1. The van der Waals surface area contributed by atoms with Crippen LogP contribution in [0.1, 0.15) is 23.7 Å². The number of ketones is 1. The van der Waals surface area contributed by atoms with Crippen molar-refractivity contribution in [2.45, 2.75) is 19.4 Å². The molecule has 1 rings (SSSR count). The first-order valence-corrected chi connectivity index (χ1v) is 4.50. The van der Waals surface area contributed by atoms with Gasteiger partial charge in [0.2, 0.25) is 0 Å². The van der Waals surface area contributed by atoms with Gasteiger partial charge in [0.25, 0.3) is 0 Å². The average molecular weight is 199 g/mol. The van der Waals surface area contributed by atoms with Crippen molar-refractivity contribution in [1.29, 1.82) is 0 Å². The Morgan fingerprint density at radius 3 is 2.46 bits per heavy atom. The van der Waals surface area contributed by atoms with E-state index in [1.54, 1.807) is 31.2 Å². The standard InChI is InChI=1S/C10H11ClO2/c1-2-9(12)10(13)7-3-5-8(11)6-4-7/h3-6,9,12H,2H2,1H3/t9-/m1/s1. The van der Waals surface area contributed by atoms with E-state index in [0.29, 0.717) is 17.0 Å². The first-order valence-electron chi connectivity index (χ1n) is 4.13. The van der Waals surface area contributed by atoms with Gasteiger partial charge in [0.1, 0.15) is 6.10 Å². The Morgan fingerprint density at radius 1 is 1.46 bits per heavy atom. The Balaban J connectivity index is 2.83. The molecule has 1 N–H and O–H groups in total. The average Bonchev–Trinajstić information content (AvgIpc) is 2.17. The van der Waals surface area contributed by atoms with Crippen LogP contribution in [0.2, 0.25) is 5.02 Å². The zero-order valence-electron chi connectivity index (χ0n) is 7.33. The first-order chi connectivity index (χ1) is 6.15. The summed E-state index contributed by atoms with van der Waals surface area (Å²) in [6.45, 7) is 1.76. The molecule has 0 fully saturated rings. The summed E-state index contributed by atoms with van der Waals surface area (Å²) in [6.07, 6.45) is -0.470. The van der Waals surface area contributed by atoms with Crippen molar-refractivity contribution in [3.8, 4) is 0 Å². The second kappa shape index (κ2) is 4.40. The van der Waals surface area contributed by atoms with Crippen LogP contribution in [0.25, 0.3) is 0 Å². The highest BCUT2D eigenvalue weighted by molar-refractivity contribution is 6.30. The summed E-state index contributed by atoms with van der Waals surface area (Å²) in [5.74, 6) is -0.251. The quantitative estimate of drug-likeness (QED) is 0.757. The van der Waals surface area contributed by atoms with Gasteiger partial charge >= 0.3 is 0 Å². The summed E-state index contributed by atoms with van der Waals surface area (Å²) in [5.41, 5.74) is 0.499. The van der Waals surface area contributed by atoms with E-state index >= 15 is 0 Å². The molecule has 0 aliphatic rings. The van der Waals surface area contributed by atoms with Gasteiger partial charge in [-0.05, 0) is 30.7 Å². The lowest BCUT2D eigenvalue weighted by atomic mass is 10.1. The predicted molar refractivity (Wildman–Crippen MR) is 52.1 cm³/mol. The van der Waals surface area contributed by atoms with Gasteiger partial charge in [-0.2, -0.15) is 0 Å². The van der Waals surface area contributed by atoms with Crippen LogP contribution in [0.5, 0.6) is 0 Å². The third-order valence-corrected chi connectivity index (χ3v) is 2.07. The molecular weight excluding hydrogens is 188 g/mol. The molecule has 1 aromatic rings. The number of hydrogen-bond donors (Lipinski definition) is 1. The van der Waals surface area contributed by atoms with Crippen molar-refractivity contribution in [1.82, 2.24) is 0 Å². The van der Waals surface area contributed by atoms with Gasteiger partial charge in [-0.1, -0.05) is 18.5 Å². The molecule has 2 nitrogen and oxygen atoms in total. The number of carbonyl (C=O) groups excluding carboxylic acids is 1. The molecule has 0 aromatic heterocycles. The summed E-state index contributed by atoms with van der Waals surface area (Å²) in [6, 6.07) is 6.50. The van der Waals surface area contributed by atoms with Crippen LogP contribution >= 0.6 is 11.6 Å². The van der Waals surface area contributed by atoms with Crippen molar-refractivity contribution in [3.63, 3.8) is 0 Å². The summed E-state index contributed by atoms with van der Waals surface area (Å²) < 4.78 is 0. The van der Waals surface area contributed by atoms with E-state index < -0.39 is 6.10 Å². The molecular formula is C10H11ClO2. The van der Waals surface area contributed by atoms with Gasteiger partial charge in [-0.15, -0.1) is 0 Å². The molecule has 0 saturated heterocycles. The Hall–Kier alpha value is -0.860. The molecule has 1 aromatic carbocycles. The van der Waals surface area contributed by atoms with E-state index in [1.165, 1.54) is 0 Å². The van der Waals surface area contributed by atoms with E-state index in [-0.39, 0.29) is 5.78 Å². The molecule has 3 heteroatoms. The summed E-state index contributed by atoms with van der Waals surface area (Å²) in [4.78, 5) is 11.4. The Labute approximate surface area is 82.2 Å². The second-order valence-corrected chi connectivity index (χ2v) is 3.23. The summed E-state index contributed by atoms with van der Waals surface area (Å²) in [7, 11) is 0. The zero-order chi connectivity index (χ0) is 9.84. The normalized spacial score (nSPS) is 12.5. The van der Waals surface area contributed by atoms with Gasteiger partial charge in [0.15, 0.2) is 5.78 Å². The van der Waals surface area contributed by atoms with E-state index in [9.17, 15) is 9.90 Å². The Kier molecular flexibility index (Phi) is 3.46. The summed E-state index contributed by atoms with van der Waals surface area (Å²) >= 11 is 5.66. The molecule has 0 aliphatic heterocycles.